The van der Waals surface area contributed by atoms with Gasteiger partial charge in [0.2, 0.25) is 0 Å². The molecule has 0 bridgehead atoms. The Morgan fingerprint density at radius 1 is 1.22 bits per heavy atom. The molecule has 166 valence electrons. The Balaban J connectivity index is 1.89. The van der Waals surface area contributed by atoms with Crippen LogP contribution >= 0.6 is 0 Å². The molecule has 0 radical (unpaired) electrons. The molecular formula is C23H24N4O5. The number of nitro groups is 1. The zero-order chi connectivity index (χ0) is 23.1. The third kappa shape index (κ3) is 6.26. The van der Waals surface area contributed by atoms with Crippen molar-refractivity contribution in [2.24, 2.45) is 7.05 Å². The van der Waals surface area contributed by atoms with E-state index in [0.717, 1.165) is 0 Å². The monoisotopic (exact) mass is 436 g/mol. The summed E-state index contributed by atoms with van der Waals surface area (Å²) in [6.07, 6.45) is 5.02. The Bertz CT molecular complexity index is 1140. The normalized spacial score (nSPS) is 12.0. The van der Waals surface area contributed by atoms with Gasteiger partial charge in [-0.3, -0.25) is 19.6 Å². The first-order valence-corrected chi connectivity index (χ1v) is 9.88. The summed E-state index contributed by atoms with van der Waals surface area (Å²) < 4.78 is 12.6. The summed E-state index contributed by atoms with van der Waals surface area (Å²) in [7, 11) is 3.35. The second-order valence-corrected chi connectivity index (χ2v) is 7.19. The van der Waals surface area contributed by atoms with E-state index in [0.29, 0.717) is 34.9 Å². The Hall–Kier alpha value is -3.98. The smallest absolute Gasteiger partial charge is 0.270 e. The van der Waals surface area contributed by atoms with Crippen molar-refractivity contribution < 1.29 is 19.2 Å². The van der Waals surface area contributed by atoms with Gasteiger partial charge in [0.05, 0.1) is 11.5 Å². The van der Waals surface area contributed by atoms with Crippen LogP contribution in [-0.4, -0.2) is 40.4 Å². The van der Waals surface area contributed by atoms with Crippen molar-refractivity contribution in [3.8, 4) is 5.75 Å². The number of nitrogens with zero attached hydrogens (tertiary/aromatic N) is 3. The molecule has 1 heterocycles. The highest BCUT2D eigenvalue weighted by atomic mass is 16.6. The first kappa shape index (κ1) is 22.7. The molecule has 0 saturated heterocycles. The number of carbonyl (C=O) groups is 1. The van der Waals surface area contributed by atoms with E-state index in [9.17, 15) is 14.9 Å². The first-order valence-electron chi connectivity index (χ1n) is 9.88. The minimum atomic E-state index is -0.441. The number of methoxy groups -OCH3 is 1. The van der Waals surface area contributed by atoms with E-state index in [1.807, 2.05) is 6.92 Å². The Morgan fingerprint density at radius 3 is 2.69 bits per heavy atom. The number of nitrogens with one attached hydrogen (secondary N) is 1. The maximum absolute atomic E-state index is 12.8. The number of benzene rings is 2. The van der Waals surface area contributed by atoms with Crippen molar-refractivity contribution in [2.75, 3.05) is 19.0 Å². The van der Waals surface area contributed by atoms with Gasteiger partial charge in [-0.25, -0.2) is 0 Å². The van der Waals surface area contributed by atoms with E-state index < -0.39 is 4.92 Å². The second kappa shape index (κ2) is 10.4. The lowest BCUT2D eigenvalue weighted by molar-refractivity contribution is -0.384. The predicted molar refractivity (Wildman–Crippen MR) is 122 cm³/mol. The van der Waals surface area contributed by atoms with Crippen molar-refractivity contribution in [3.05, 3.63) is 81.5 Å². The summed E-state index contributed by atoms with van der Waals surface area (Å²) >= 11 is 0. The number of ether oxygens (including phenoxy) is 2. The number of non-ortho nitro benzene ring substituents is 1. The van der Waals surface area contributed by atoms with Gasteiger partial charge in [-0.2, -0.15) is 5.10 Å². The number of amides is 1. The summed E-state index contributed by atoms with van der Waals surface area (Å²) in [4.78, 5) is 23.4. The standard InChI is InChI=1S/C23H24N4O5/c1-16(15-31-3)32-21-13-18(8-7-17-5-4-6-20(12-17)27(29)30)11-19(14-21)23(28)24-22-9-10-26(2)25-22/h4-14,16H,15H2,1-3H3,(H,24,25,28)/t16-/m0/s1. The highest BCUT2D eigenvalue weighted by Crippen LogP contribution is 2.22. The molecule has 1 atom stereocenters. The molecule has 0 saturated carbocycles. The fraction of sp³-hybridized carbons (Fsp3) is 0.217. The topological polar surface area (TPSA) is 109 Å². The molecule has 0 fully saturated rings. The quantitative estimate of drug-likeness (QED) is 0.306. The van der Waals surface area contributed by atoms with Gasteiger partial charge in [0.1, 0.15) is 11.9 Å². The molecule has 1 amide bonds. The first-order chi connectivity index (χ1) is 15.3. The van der Waals surface area contributed by atoms with E-state index in [2.05, 4.69) is 10.4 Å². The van der Waals surface area contributed by atoms with E-state index >= 15 is 0 Å². The number of aryl methyl sites for hydroxylation is 1. The van der Waals surface area contributed by atoms with E-state index in [1.54, 1.807) is 73.6 Å². The summed E-state index contributed by atoms with van der Waals surface area (Å²) in [5.74, 6) is 0.603. The third-order valence-electron chi connectivity index (χ3n) is 4.43. The average molecular weight is 436 g/mol. The second-order valence-electron chi connectivity index (χ2n) is 7.19. The number of aromatic nitrogens is 2. The molecule has 3 rings (SSSR count). The zero-order valence-corrected chi connectivity index (χ0v) is 18.0. The summed E-state index contributed by atoms with van der Waals surface area (Å²) in [5.41, 5.74) is 1.76. The third-order valence-corrected chi connectivity index (χ3v) is 4.43. The molecule has 9 nitrogen and oxygen atoms in total. The van der Waals surface area contributed by atoms with Gasteiger partial charge < -0.3 is 14.8 Å². The van der Waals surface area contributed by atoms with Gasteiger partial charge in [0.25, 0.3) is 11.6 Å². The van der Waals surface area contributed by atoms with Crippen LogP contribution in [0.15, 0.2) is 54.7 Å². The van der Waals surface area contributed by atoms with E-state index in [-0.39, 0.29) is 17.7 Å². The van der Waals surface area contributed by atoms with Gasteiger partial charge in [-0.05, 0) is 36.2 Å². The molecule has 9 heteroatoms. The van der Waals surface area contributed by atoms with Gasteiger partial charge >= 0.3 is 0 Å². The predicted octanol–water partition coefficient (Wildman–Crippen LogP) is 4.16. The van der Waals surface area contributed by atoms with Crippen molar-refractivity contribution in [2.45, 2.75) is 13.0 Å². The molecule has 2 aromatic carbocycles. The molecule has 32 heavy (non-hydrogen) atoms. The lowest BCUT2D eigenvalue weighted by Gasteiger charge is -2.15. The molecule has 1 N–H and O–H groups in total. The number of rotatable bonds is 9. The van der Waals surface area contributed by atoms with E-state index in [1.165, 1.54) is 12.1 Å². The number of hydrogen-bond donors (Lipinski definition) is 1. The Labute approximate surface area is 185 Å². The van der Waals surface area contributed by atoms with Crippen LogP contribution in [0.1, 0.15) is 28.4 Å². The molecule has 3 aromatic rings. The maximum atomic E-state index is 12.8. The summed E-state index contributed by atoms with van der Waals surface area (Å²) in [6, 6.07) is 13.1. The molecule has 0 aliphatic rings. The largest absolute Gasteiger partial charge is 0.488 e. The minimum absolute atomic E-state index is 0.00746. The van der Waals surface area contributed by atoms with E-state index in [4.69, 9.17) is 9.47 Å². The number of anilines is 1. The lowest BCUT2D eigenvalue weighted by atomic mass is 10.1. The van der Waals surface area contributed by atoms with Crippen LogP contribution in [0.25, 0.3) is 12.2 Å². The zero-order valence-electron chi connectivity index (χ0n) is 18.0. The molecule has 0 spiro atoms. The lowest BCUT2D eigenvalue weighted by Crippen LogP contribution is -2.19. The SMILES string of the molecule is COC[C@H](C)Oc1cc(C=Cc2cccc([N+](=O)[O-])c2)cc(C(=O)Nc2ccn(C)n2)c1. The van der Waals surface area contributed by atoms with Crippen LogP contribution in [0.2, 0.25) is 0 Å². The highest BCUT2D eigenvalue weighted by Gasteiger charge is 2.13. The average Bonchev–Trinajstić information content (AvgIpc) is 3.17. The Morgan fingerprint density at radius 2 is 2.00 bits per heavy atom. The number of hydrogen-bond acceptors (Lipinski definition) is 6. The molecule has 0 unspecified atom stereocenters. The maximum Gasteiger partial charge on any atom is 0.270 e. The number of nitro benzene ring substituents is 1. The van der Waals surface area contributed by atoms with Crippen LogP contribution in [0, 0.1) is 10.1 Å². The Kier molecular flexibility index (Phi) is 7.35. The van der Waals surface area contributed by atoms with Gasteiger partial charge in [-0.1, -0.05) is 24.3 Å². The van der Waals surface area contributed by atoms with Gasteiger partial charge in [-0.15, -0.1) is 0 Å². The van der Waals surface area contributed by atoms with Crippen LogP contribution < -0.4 is 10.1 Å². The van der Waals surface area contributed by atoms with Crippen LogP contribution in [0.4, 0.5) is 11.5 Å². The van der Waals surface area contributed by atoms with Crippen molar-refractivity contribution in [1.82, 2.24) is 9.78 Å². The van der Waals surface area contributed by atoms with Crippen molar-refractivity contribution >= 4 is 29.6 Å². The van der Waals surface area contributed by atoms with Crippen LogP contribution in [0.3, 0.4) is 0 Å². The summed E-state index contributed by atoms with van der Waals surface area (Å²) in [5, 5.41) is 17.9. The molecular weight excluding hydrogens is 412 g/mol. The molecule has 0 aliphatic carbocycles. The number of carbonyl (C=O) groups excluding carboxylic acids is 1. The van der Waals surface area contributed by atoms with Crippen LogP contribution in [0.5, 0.6) is 5.75 Å². The highest BCUT2D eigenvalue weighted by molar-refractivity contribution is 6.04. The molecule has 1 aromatic heterocycles. The van der Waals surface area contributed by atoms with Crippen molar-refractivity contribution in [3.63, 3.8) is 0 Å². The fourth-order valence-corrected chi connectivity index (χ4v) is 3.02. The van der Waals surface area contributed by atoms with Gasteiger partial charge in [0, 0.05) is 44.1 Å². The van der Waals surface area contributed by atoms with Crippen molar-refractivity contribution in [1.29, 1.82) is 0 Å². The fourth-order valence-electron chi connectivity index (χ4n) is 3.02. The molecule has 0 aliphatic heterocycles. The summed E-state index contributed by atoms with van der Waals surface area (Å²) in [6.45, 7) is 2.26. The van der Waals surface area contributed by atoms with Crippen LogP contribution in [-0.2, 0) is 11.8 Å². The van der Waals surface area contributed by atoms with Gasteiger partial charge in [0.15, 0.2) is 5.82 Å². The minimum Gasteiger partial charge on any atom is -0.488 e.